The third kappa shape index (κ3) is 3.26. The minimum absolute atomic E-state index is 0.0826. The average molecular weight is 314 g/mol. The van der Waals surface area contributed by atoms with Gasteiger partial charge in [-0.25, -0.2) is 9.97 Å². The summed E-state index contributed by atoms with van der Waals surface area (Å²) in [5, 5.41) is 3.39. The van der Waals surface area contributed by atoms with Gasteiger partial charge in [0, 0.05) is 25.3 Å². The molecule has 0 aliphatic carbocycles. The van der Waals surface area contributed by atoms with Gasteiger partial charge in [-0.3, -0.25) is 0 Å². The summed E-state index contributed by atoms with van der Waals surface area (Å²) in [4.78, 5) is 9.50. The molecule has 21 heavy (non-hydrogen) atoms. The van der Waals surface area contributed by atoms with Crippen LogP contribution < -0.4 is 10.2 Å². The first kappa shape index (κ1) is 14.1. The van der Waals surface area contributed by atoms with E-state index >= 15 is 0 Å². The van der Waals surface area contributed by atoms with Crippen molar-refractivity contribution < 1.29 is 13.2 Å². The molecule has 0 radical (unpaired) electrons. The van der Waals surface area contributed by atoms with Crippen molar-refractivity contribution in [3.05, 3.63) is 35.5 Å². The first-order chi connectivity index (χ1) is 10.0. The maximum absolute atomic E-state index is 12.5. The van der Waals surface area contributed by atoms with Crippen LogP contribution in [0.1, 0.15) is 11.3 Å². The highest BCUT2D eigenvalue weighted by molar-refractivity contribution is 7.15. The number of hydrogen-bond acceptors (Lipinski definition) is 5. The summed E-state index contributed by atoms with van der Waals surface area (Å²) in [6.07, 6.45) is -0.879. The monoisotopic (exact) mass is 314 g/mol. The van der Waals surface area contributed by atoms with Crippen LogP contribution in [0, 0.1) is 0 Å². The van der Waals surface area contributed by atoms with Crippen LogP contribution in [0.15, 0.2) is 30.6 Å². The topological polar surface area (TPSA) is 41.1 Å². The molecule has 1 atom stereocenters. The molecule has 2 aromatic heterocycles. The standard InChI is InChI=1S/C13H13F3N4S/c14-13(15,16)10-7-18-12(21-10)19-9-4-6-20(8-9)11-3-1-2-5-17-11/h1-3,5,7,9H,4,6,8H2,(H,18,19)/t9-/m0/s1. The summed E-state index contributed by atoms with van der Waals surface area (Å²) in [6.45, 7) is 1.53. The Morgan fingerprint density at radius 2 is 2.14 bits per heavy atom. The van der Waals surface area contributed by atoms with E-state index in [1.165, 1.54) is 0 Å². The van der Waals surface area contributed by atoms with Gasteiger partial charge in [0.25, 0.3) is 0 Å². The quantitative estimate of drug-likeness (QED) is 0.944. The lowest BCUT2D eigenvalue weighted by atomic mass is 10.3. The summed E-state index contributed by atoms with van der Waals surface area (Å²) in [7, 11) is 0. The van der Waals surface area contributed by atoms with E-state index < -0.39 is 11.1 Å². The predicted molar refractivity (Wildman–Crippen MR) is 75.6 cm³/mol. The Hall–Kier alpha value is -1.83. The number of nitrogens with one attached hydrogen (secondary N) is 1. The lowest BCUT2D eigenvalue weighted by molar-refractivity contribution is -0.134. The molecule has 3 rings (SSSR count). The van der Waals surface area contributed by atoms with E-state index in [-0.39, 0.29) is 6.04 Å². The highest BCUT2D eigenvalue weighted by atomic mass is 32.1. The smallest absolute Gasteiger partial charge is 0.357 e. The summed E-state index contributed by atoms with van der Waals surface area (Å²) in [5.74, 6) is 0.886. The molecule has 3 heterocycles. The Labute approximate surface area is 123 Å². The zero-order valence-corrected chi connectivity index (χ0v) is 11.8. The minimum Gasteiger partial charge on any atom is -0.357 e. The maximum Gasteiger partial charge on any atom is 0.427 e. The first-order valence-corrected chi connectivity index (χ1v) is 7.29. The molecule has 0 spiro atoms. The number of anilines is 2. The Morgan fingerprint density at radius 1 is 1.29 bits per heavy atom. The fourth-order valence-corrected chi connectivity index (χ4v) is 3.03. The van der Waals surface area contributed by atoms with E-state index in [9.17, 15) is 13.2 Å². The number of alkyl halides is 3. The number of hydrogen-bond donors (Lipinski definition) is 1. The van der Waals surface area contributed by atoms with Crippen molar-refractivity contribution >= 4 is 22.3 Å². The fourth-order valence-electron chi connectivity index (χ4n) is 2.27. The molecule has 8 heteroatoms. The number of nitrogens with zero attached hydrogens (tertiary/aromatic N) is 3. The second-order valence-electron chi connectivity index (χ2n) is 4.79. The van der Waals surface area contributed by atoms with Crippen LogP contribution in [0.2, 0.25) is 0 Å². The van der Waals surface area contributed by atoms with Crippen molar-refractivity contribution in [3.8, 4) is 0 Å². The summed E-state index contributed by atoms with van der Waals surface area (Å²) in [6, 6.07) is 5.77. The van der Waals surface area contributed by atoms with Gasteiger partial charge in [-0.15, -0.1) is 0 Å². The van der Waals surface area contributed by atoms with Gasteiger partial charge in [-0.1, -0.05) is 17.4 Å². The van der Waals surface area contributed by atoms with Crippen LogP contribution in [-0.2, 0) is 6.18 Å². The lowest BCUT2D eigenvalue weighted by Gasteiger charge is -2.17. The molecule has 1 saturated heterocycles. The Balaban J connectivity index is 1.61. The molecule has 0 saturated carbocycles. The summed E-state index contributed by atoms with van der Waals surface area (Å²) >= 11 is 0.642. The maximum atomic E-state index is 12.5. The lowest BCUT2D eigenvalue weighted by Crippen LogP contribution is -2.26. The largest absolute Gasteiger partial charge is 0.427 e. The Bertz CT molecular complexity index is 599. The SMILES string of the molecule is FC(F)(F)c1cnc(N[C@H]2CCN(c3ccccn3)C2)s1. The van der Waals surface area contributed by atoms with Crippen LogP contribution in [-0.4, -0.2) is 29.1 Å². The molecule has 112 valence electrons. The molecule has 0 amide bonds. The molecular formula is C13H13F3N4S. The first-order valence-electron chi connectivity index (χ1n) is 6.48. The van der Waals surface area contributed by atoms with Crippen LogP contribution in [0.4, 0.5) is 24.1 Å². The average Bonchev–Trinajstić information content (AvgIpc) is 3.09. The van der Waals surface area contributed by atoms with Crippen LogP contribution >= 0.6 is 11.3 Å². The molecule has 1 N–H and O–H groups in total. The van der Waals surface area contributed by atoms with Gasteiger partial charge in [-0.2, -0.15) is 13.2 Å². The second-order valence-corrected chi connectivity index (χ2v) is 5.82. The molecule has 1 aliphatic heterocycles. The van der Waals surface area contributed by atoms with E-state index in [1.807, 2.05) is 18.2 Å². The van der Waals surface area contributed by atoms with Gasteiger partial charge in [0.1, 0.15) is 10.7 Å². The van der Waals surface area contributed by atoms with E-state index in [1.54, 1.807) is 6.20 Å². The van der Waals surface area contributed by atoms with Crippen molar-refractivity contribution in [2.24, 2.45) is 0 Å². The van der Waals surface area contributed by atoms with Crippen molar-refractivity contribution in [3.63, 3.8) is 0 Å². The van der Waals surface area contributed by atoms with E-state index in [0.717, 1.165) is 25.0 Å². The number of thiazole rings is 1. The number of halogens is 3. The highest BCUT2D eigenvalue weighted by Crippen LogP contribution is 2.35. The zero-order chi connectivity index (χ0) is 14.9. The van der Waals surface area contributed by atoms with Crippen LogP contribution in [0.3, 0.4) is 0 Å². The van der Waals surface area contributed by atoms with Crippen molar-refractivity contribution in [1.82, 2.24) is 9.97 Å². The molecule has 1 fully saturated rings. The van der Waals surface area contributed by atoms with E-state index in [2.05, 4.69) is 20.2 Å². The molecular weight excluding hydrogens is 301 g/mol. The molecule has 0 bridgehead atoms. The number of rotatable bonds is 3. The second kappa shape index (κ2) is 5.51. The molecule has 0 unspecified atom stereocenters. The van der Waals surface area contributed by atoms with Crippen LogP contribution in [0.25, 0.3) is 0 Å². The summed E-state index contributed by atoms with van der Waals surface area (Å²) in [5.41, 5.74) is 0. The number of pyridine rings is 1. The zero-order valence-electron chi connectivity index (χ0n) is 11.0. The molecule has 2 aromatic rings. The van der Waals surface area contributed by atoms with Crippen molar-refractivity contribution in [2.75, 3.05) is 23.3 Å². The predicted octanol–water partition coefficient (Wildman–Crippen LogP) is 3.25. The summed E-state index contributed by atoms with van der Waals surface area (Å²) < 4.78 is 37.6. The Kier molecular flexibility index (Phi) is 3.71. The van der Waals surface area contributed by atoms with Crippen molar-refractivity contribution in [2.45, 2.75) is 18.6 Å². The van der Waals surface area contributed by atoms with Gasteiger partial charge in [-0.05, 0) is 18.6 Å². The normalized spacial score (nSPS) is 19.0. The van der Waals surface area contributed by atoms with E-state index in [4.69, 9.17) is 0 Å². The number of aromatic nitrogens is 2. The van der Waals surface area contributed by atoms with Crippen LogP contribution in [0.5, 0.6) is 0 Å². The third-order valence-electron chi connectivity index (χ3n) is 3.27. The third-order valence-corrected chi connectivity index (χ3v) is 4.25. The Morgan fingerprint density at radius 3 is 2.81 bits per heavy atom. The van der Waals surface area contributed by atoms with Crippen molar-refractivity contribution in [1.29, 1.82) is 0 Å². The van der Waals surface area contributed by atoms with Gasteiger partial charge in [0.15, 0.2) is 5.13 Å². The van der Waals surface area contributed by atoms with Gasteiger partial charge in [0.2, 0.25) is 0 Å². The molecule has 1 aliphatic rings. The molecule has 0 aromatic carbocycles. The van der Waals surface area contributed by atoms with Gasteiger partial charge in [0.05, 0.1) is 6.20 Å². The van der Waals surface area contributed by atoms with Gasteiger partial charge >= 0.3 is 6.18 Å². The van der Waals surface area contributed by atoms with Gasteiger partial charge < -0.3 is 10.2 Å². The minimum atomic E-state index is -4.33. The fraction of sp³-hybridized carbons (Fsp3) is 0.385. The highest BCUT2D eigenvalue weighted by Gasteiger charge is 2.33. The van der Waals surface area contributed by atoms with E-state index in [0.29, 0.717) is 23.0 Å². The molecule has 4 nitrogen and oxygen atoms in total.